The van der Waals surface area contributed by atoms with Crippen molar-refractivity contribution in [2.24, 2.45) is 20.9 Å². The molecule has 1 unspecified atom stereocenters. The standard InChI is InChI=1S/C20H19N6O2/c21-26-13-16(22-12-18(26)23-19(24-26)17-4-3-11-28-17)14-5-7-15(8-6-14)20(27)25-9-1-2-10-25/h3-8,11-13H,1-2,9-10,21H2/q+1. The maximum absolute atomic E-state index is 12.5. The number of benzene rings is 1. The number of likely N-dealkylation sites (tertiary alicyclic amines) is 1. The molecule has 2 aromatic rings. The van der Waals surface area contributed by atoms with Crippen LogP contribution in [0.4, 0.5) is 0 Å². The van der Waals surface area contributed by atoms with E-state index in [4.69, 9.17) is 10.3 Å². The highest BCUT2D eigenvalue weighted by molar-refractivity contribution is 6.32. The number of carbonyl (C=O) groups excluding carboxylic acids is 1. The van der Waals surface area contributed by atoms with E-state index in [1.807, 2.05) is 29.2 Å². The normalized spacial score (nSPS) is 23.3. The lowest BCUT2D eigenvalue weighted by molar-refractivity contribution is -0.802. The third kappa shape index (κ3) is 2.79. The number of amidine groups is 2. The number of quaternary nitrogens is 1. The van der Waals surface area contributed by atoms with Crippen LogP contribution in [0.2, 0.25) is 0 Å². The molecule has 8 nitrogen and oxygen atoms in total. The van der Waals surface area contributed by atoms with Crippen LogP contribution in [0.25, 0.3) is 5.70 Å². The average molecular weight is 375 g/mol. The van der Waals surface area contributed by atoms with Crippen LogP contribution >= 0.6 is 0 Å². The Morgan fingerprint density at radius 3 is 2.64 bits per heavy atom. The molecule has 0 radical (unpaired) electrons. The predicted molar refractivity (Wildman–Crippen MR) is 105 cm³/mol. The van der Waals surface area contributed by atoms with Gasteiger partial charge in [-0.25, -0.2) is 4.99 Å². The molecule has 0 aliphatic carbocycles. The number of furan rings is 1. The third-order valence-corrected chi connectivity index (χ3v) is 5.05. The first-order valence-corrected chi connectivity index (χ1v) is 9.20. The number of rotatable bonds is 3. The van der Waals surface area contributed by atoms with Gasteiger partial charge in [0.05, 0.1) is 6.26 Å². The van der Waals surface area contributed by atoms with Crippen LogP contribution in [0.15, 0.2) is 68.4 Å². The second-order valence-corrected chi connectivity index (χ2v) is 6.96. The molecular formula is C20H19N6O2+. The van der Waals surface area contributed by atoms with Crippen molar-refractivity contribution in [2.45, 2.75) is 12.8 Å². The van der Waals surface area contributed by atoms with Crippen molar-refractivity contribution in [2.75, 3.05) is 13.1 Å². The Morgan fingerprint density at radius 2 is 1.93 bits per heavy atom. The first-order chi connectivity index (χ1) is 13.6. The molecule has 140 valence electrons. The number of carbonyl (C=O) groups is 1. The molecule has 1 saturated heterocycles. The molecule has 3 aliphatic rings. The fraction of sp³-hybridized carbons (Fsp3) is 0.200. The summed E-state index contributed by atoms with van der Waals surface area (Å²) in [6, 6.07) is 11.0. The Bertz CT molecular complexity index is 1040. The molecular weight excluding hydrogens is 356 g/mol. The van der Waals surface area contributed by atoms with Crippen molar-refractivity contribution >= 4 is 29.5 Å². The predicted octanol–water partition coefficient (Wildman–Crippen LogP) is 2.36. The minimum Gasteiger partial charge on any atom is -0.461 e. The fourth-order valence-corrected chi connectivity index (χ4v) is 3.53. The van der Waals surface area contributed by atoms with Crippen molar-refractivity contribution in [3.05, 3.63) is 65.7 Å². The molecule has 1 fully saturated rings. The molecule has 1 aromatic heterocycles. The maximum Gasteiger partial charge on any atom is 0.300 e. The number of aliphatic imine (C=N–C) groups is 2. The van der Waals surface area contributed by atoms with E-state index in [2.05, 4.69) is 15.1 Å². The molecule has 4 heterocycles. The Balaban J connectivity index is 1.41. The topological polar surface area (TPSA) is 96.6 Å². The zero-order valence-electron chi connectivity index (χ0n) is 15.2. The van der Waals surface area contributed by atoms with Gasteiger partial charge in [-0.1, -0.05) is 12.1 Å². The van der Waals surface area contributed by atoms with Gasteiger partial charge >= 0.3 is 0 Å². The molecule has 3 aliphatic heterocycles. The molecule has 1 aromatic carbocycles. The van der Waals surface area contributed by atoms with Crippen molar-refractivity contribution in [1.82, 2.24) is 4.90 Å². The van der Waals surface area contributed by atoms with Crippen LogP contribution in [-0.2, 0) is 0 Å². The first kappa shape index (κ1) is 16.8. The van der Waals surface area contributed by atoms with Gasteiger partial charge in [-0.15, -0.1) is 5.84 Å². The Morgan fingerprint density at radius 1 is 1.14 bits per heavy atom. The smallest absolute Gasteiger partial charge is 0.300 e. The van der Waals surface area contributed by atoms with Gasteiger partial charge in [0.2, 0.25) is 0 Å². The third-order valence-electron chi connectivity index (χ3n) is 5.05. The van der Waals surface area contributed by atoms with Crippen LogP contribution in [0.5, 0.6) is 0 Å². The van der Waals surface area contributed by atoms with E-state index in [-0.39, 0.29) is 10.6 Å². The zero-order valence-corrected chi connectivity index (χ0v) is 15.2. The first-order valence-electron chi connectivity index (χ1n) is 9.20. The molecule has 28 heavy (non-hydrogen) atoms. The fourth-order valence-electron chi connectivity index (χ4n) is 3.53. The van der Waals surface area contributed by atoms with Gasteiger partial charge in [0.25, 0.3) is 17.6 Å². The summed E-state index contributed by atoms with van der Waals surface area (Å²) in [4.78, 5) is 23.3. The summed E-state index contributed by atoms with van der Waals surface area (Å²) in [5.74, 6) is 7.97. The average Bonchev–Trinajstić information content (AvgIpc) is 3.46. The van der Waals surface area contributed by atoms with Crippen LogP contribution < -0.4 is 5.84 Å². The van der Waals surface area contributed by atoms with Crippen molar-refractivity contribution < 1.29 is 13.9 Å². The van der Waals surface area contributed by atoms with Gasteiger partial charge in [0.1, 0.15) is 11.9 Å². The lowest BCUT2D eigenvalue weighted by Crippen LogP contribution is -2.50. The monoisotopic (exact) mass is 375 g/mol. The highest BCUT2D eigenvalue weighted by Gasteiger charge is 2.40. The number of fused-ring (bicyclic) bond motifs is 1. The number of amides is 1. The van der Waals surface area contributed by atoms with Gasteiger partial charge in [-0.05, 0) is 46.9 Å². The highest BCUT2D eigenvalue weighted by atomic mass is 16.3. The second kappa shape index (κ2) is 6.36. The van der Waals surface area contributed by atoms with Crippen molar-refractivity contribution in [3.63, 3.8) is 0 Å². The van der Waals surface area contributed by atoms with Gasteiger partial charge in [-0.3, -0.25) is 4.79 Å². The van der Waals surface area contributed by atoms with Crippen LogP contribution in [-0.4, -0.2) is 46.5 Å². The highest BCUT2D eigenvalue weighted by Crippen LogP contribution is 2.27. The Hall–Kier alpha value is -3.36. The summed E-state index contributed by atoms with van der Waals surface area (Å²) in [5, 5.41) is 4.46. The summed E-state index contributed by atoms with van der Waals surface area (Å²) in [7, 11) is 0. The molecule has 2 N–H and O–H groups in total. The van der Waals surface area contributed by atoms with E-state index in [9.17, 15) is 4.79 Å². The summed E-state index contributed by atoms with van der Waals surface area (Å²) < 4.78 is 5.04. The number of nitrogens with two attached hydrogens (primary N) is 1. The van der Waals surface area contributed by atoms with Crippen LogP contribution in [0, 0.1) is 0 Å². The van der Waals surface area contributed by atoms with E-state index < -0.39 is 0 Å². The van der Waals surface area contributed by atoms with E-state index >= 15 is 0 Å². The number of nitrogens with zero attached hydrogens (tertiary/aromatic N) is 5. The molecule has 5 rings (SSSR count). The molecule has 0 spiro atoms. The summed E-state index contributed by atoms with van der Waals surface area (Å²) in [5.41, 5.74) is 2.22. The Kier molecular flexibility index (Phi) is 3.81. The summed E-state index contributed by atoms with van der Waals surface area (Å²) in [6.07, 6.45) is 7.05. The molecule has 0 saturated carbocycles. The van der Waals surface area contributed by atoms with Crippen LogP contribution in [0.3, 0.4) is 0 Å². The van der Waals surface area contributed by atoms with Gasteiger partial charge in [0, 0.05) is 24.2 Å². The second-order valence-electron chi connectivity index (χ2n) is 6.96. The van der Waals surface area contributed by atoms with Gasteiger partial charge in [0.15, 0.2) is 12.0 Å². The minimum atomic E-state index is -0.316. The molecule has 1 amide bonds. The maximum atomic E-state index is 12.5. The summed E-state index contributed by atoms with van der Waals surface area (Å²) >= 11 is 0. The SMILES string of the molecule is N[N+]12C=C(c3ccc(C(=O)N4CCCC4)cc3)N=CC1=NC(c1ccco1)=N2. The summed E-state index contributed by atoms with van der Waals surface area (Å²) in [6.45, 7) is 1.67. The number of hydrogen-bond acceptors (Lipinski definition) is 6. The number of hydrogen-bond donors (Lipinski definition) is 1. The van der Waals surface area contributed by atoms with E-state index in [0.717, 1.165) is 31.5 Å². The van der Waals surface area contributed by atoms with Gasteiger partial charge < -0.3 is 9.32 Å². The molecule has 1 atom stereocenters. The molecule has 0 bridgehead atoms. The minimum absolute atomic E-state index is 0.0779. The lowest BCUT2D eigenvalue weighted by atomic mass is 10.1. The Labute approximate surface area is 161 Å². The largest absolute Gasteiger partial charge is 0.461 e. The zero-order chi connectivity index (χ0) is 19.1. The molecule has 8 heteroatoms. The van der Waals surface area contributed by atoms with Gasteiger partial charge in [-0.2, -0.15) is 4.99 Å². The van der Waals surface area contributed by atoms with E-state index in [1.165, 1.54) is 0 Å². The van der Waals surface area contributed by atoms with E-state index in [0.29, 0.717) is 28.7 Å². The van der Waals surface area contributed by atoms with Crippen molar-refractivity contribution in [1.29, 1.82) is 0 Å². The lowest BCUT2D eigenvalue weighted by Gasteiger charge is -2.20. The quantitative estimate of drug-likeness (QED) is 0.659. The van der Waals surface area contributed by atoms with Crippen molar-refractivity contribution in [3.8, 4) is 0 Å². The van der Waals surface area contributed by atoms with Crippen LogP contribution in [0.1, 0.15) is 34.5 Å². The van der Waals surface area contributed by atoms with E-state index in [1.54, 1.807) is 30.8 Å².